The SMILES string of the molecule is c1ccc(-c2ccc(C3=NC(c4ccc5c(c4)C4(c6ccccc6Oc6ccccc64)c4ccccc4-5)N=C(c4ccc5ccccc5c4)N3)cc2)cc1. The summed E-state index contributed by atoms with van der Waals surface area (Å²) in [4.78, 5) is 10.7. The van der Waals surface area contributed by atoms with Gasteiger partial charge in [-0.25, -0.2) is 9.98 Å². The number of nitrogens with one attached hydrogen (secondary N) is 1. The van der Waals surface area contributed by atoms with Gasteiger partial charge in [0.25, 0.3) is 0 Å². The Morgan fingerprint density at radius 2 is 0.963 bits per heavy atom. The number of hydrogen-bond donors (Lipinski definition) is 1. The first kappa shape index (κ1) is 30.6. The molecule has 1 spiro atoms. The Hall–Kier alpha value is -7.04. The van der Waals surface area contributed by atoms with Gasteiger partial charge in [0, 0.05) is 22.3 Å². The Morgan fingerprint density at radius 1 is 0.407 bits per heavy atom. The summed E-state index contributed by atoms with van der Waals surface area (Å²) < 4.78 is 6.58. The van der Waals surface area contributed by atoms with Gasteiger partial charge in [0.2, 0.25) is 0 Å². The van der Waals surface area contributed by atoms with Gasteiger partial charge in [0.1, 0.15) is 23.2 Å². The molecule has 1 aliphatic carbocycles. The third-order valence-corrected chi connectivity index (χ3v) is 11.2. The van der Waals surface area contributed by atoms with Crippen LogP contribution >= 0.6 is 0 Å². The van der Waals surface area contributed by atoms with E-state index in [1.165, 1.54) is 38.6 Å². The zero-order valence-corrected chi connectivity index (χ0v) is 29.3. The summed E-state index contributed by atoms with van der Waals surface area (Å²) in [5, 5.41) is 6.01. The van der Waals surface area contributed by atoms with E-state index in [0.717, 1.165) is 56.6 Å². The van der Waals surface area contributed by atoms with Crippen molar-refractivity contribution < 1.29 is 4.74 Å². The number of hydrogen-bond acceptors (Lipinski definition) is 4. The van der Waals surface area contributed by atoms with Crippen molar-refractivity contribution in [3.05, 3.63) is 227 Å². The smallest absolute Gasteiger partial charge is 0.169 e. The van der Waals surface area contributed by atoms with Gasteiger partial charge in [-0.3, -0.25) is 0 Å². The van der Waals surface area contributed by atoms with Crippen LogP contribution in [0.25, 0.3) is 33.0 Å². The molecule has 2 heterocycles. The van der Waals surface area contributed by atoms with E-state index in [9.17, 15) is 0 Å². The lowest BCUT2D eigenvalue weighted by atomic mass is 9.66. The molecule has 2 aliphatic heterocycles. The summed E-state index contributed by atoms with van der Waals surface area (Å²) in [6.45, 7) is 0. The Kier molecular flexibility index (Phi) is 6.80. The molecule has 0 radical (unpaired) electrons. The van der Waals surface area contributed by atoms with E-state index in [2.05, 4.69) is 187 Å². The first-order valence-corrected chi connectivity index (χ1v) is 18.4. The van der Waals surface area contributed by atoms with E-state index >= 15 is 0 Å². The van der Waals surface area contributed by atoms with E-state index in [-0.39, 0.29) is 0 Å². The molecule has 1 N–H and O–H groups in total. The predicted octanol–water partition coefficient (Wildman–Crippen LogP) is 11.5. The molecule has 8 aromatic rings. The molecule has 0 saturated carbocycles. The van der Waals surface area contributed by atoms with Crippen LogP contribution in [0.5, 0.6) is 11.5 Å². The number of rotatable bonds is 4. The summed E-state index contributed by atoms with van der Waals surface area (Å²) in [7, 11) is 0. The van der Waals surface area contributed by atoms with Crippen LogP contribution < -0.4 is 10.1 Å². The third kappa shape index (κ3) is 4.63. The molecule has 0 saturated heterocycles. The minimum absolute atomic E-state index is 0.479. The van der Waals surface area contributed by atoms with Crippen molar-refractivity contribution in [3.63, 3.8) is 0 Å². The molecule has 0 bridgehead atoms. The lowest BCUT2D eigenvalue weighted by molar-refractivity contribution is 0.436. The van der Waals surface area contributed by atoms with Crippen LogP contribution in [-0.4, -0.2) is 11.7 Å². The molecular formula is C50H33N3O. The van der Waals surface area contributed by atoms with Gasteiger partial charge < -0.3 is 10.1 Å². The van der Waals surface area contributed by atoms with E-state index in [4.69, 9.17) is 14.7 Å². The summed E-state index contributed by atoms with van der Waals surface area (Å²) >= 11 is 0. The van der Waals surface area contributed by atoms with E-state index < -0.39 is 11.6 Å². The van der Waals surface area contributed by atoms with E-state index in [1.54, 1.807) is 0 Å². The Labute approximate surface area is 313 Å². The fraction of sp³-hybridized carbons (Fsp3) is 0.0400. The monoisotopic (exact) mass is 691 g/mol. The normalized spacial score (nSPS) is 15.9. The van der Waals surface area contributed by atoms with Gasteiger partial charge in [-0.05, 0) is 74.0 Å². The zero-order valence-electron chi connectivity index (χ0n) is 29.3. The summed E-state index contributed by atoms with van der Waals surface area (Å²) in [6.07, 6.45) is -0.479. The van der Waals surface area contributed by atoms with Gasteiger partial charge in [0.05, 0.1) is 5.41 Å². The molecule has 254 valence electrons. The number of ether oxygens (including phenoxy) is 1. The van der Waals surface area contributed by atoms with Gasteiger partial charge in [-0.1, -0.05) is 164 Å². The molecule has 0 aromatic heterocycles. The topological polar surface area (TPSA) is 46.0 Å². The quantitative estimate of drug-likeness (QED) is 0.200. The number of fused-ring (bicyclic) bond motifs is 10. The first-order chi connectivity index (χ1) is 26.7. The molecule has 4 nitrogen and oxygen atoms in total. The lowest BCUT2D eigenvalue weighted by Crippen LogP contribution is -2.36. The molecule has 3 aliphatic rings. The van der Waals surface area contributed by atoms with E-state index in [0.29, 0.717) is 0 Å². The second-order valence-corrected chi connectivity index (χ2v) is 14.2. The second kappa shape index (κ2) is 12.0. The molecule has 54 heavy (non-hydrogen) atoms. The molecule has 0 amide bonds. The molecule has 11 rings (SSSR count). The van der Waals surface area contributed by atoms with Crippen LogP contribution in [0.1, 0.15) is 45.1 Å². The Morgan fingerprint density at radius 3 is 1.72 bits per heavy atom. The van der Waals surface area contributed by atoms with Crippen molar-refractivity contribution in [2.24, 2.45) is 9.98 Å². The Bertz CT molecular complexity index is 2790. The number of para-hydroxylation sites is 2. The molecular weight excluding hydrogens is 659 g/mol. The third-order valence-electron chi connectivity index (χ3n) is 11.2. The number of nitrogens with zero attached hydrogens (tertiary/aromatic N) is 2. The highest BCUT2D eigenvalue weighted by molar-refractivity contribution is 6.16. The van der Waals surface area contributed by atoms with Crippen LogP contribution in [0.15, 0.2) is 198 Å². The van der Waals surface area contributed by atoms with Gasteiger partial charge in [-0.2, -0.15) is 0 Å². The van der Waals surface area contributed by atoms with Gasteiger partial charge >= 0.3 is 0 Å². The van der Waals surface area contributed by atoms with Crippen LogP contribution in [0, 0.1) is 0 Å². The van der Waals surface area contributed by atoms with Crippen LogP contribution in [-0.2, 0) is 5.41 Å². The average Bonchev–Trinajstić information content (AvgIpc) is 3.53. The van der Waals surface area contributed by atoms with Crippen molar-refractivity contribution in [1.29, 1.82) is 0 Å². The highest BCUT2D eigenvalue weighted by Crippen LogP contribution is 2.62. The van der Waals surface area contributed by atoms with Gasteiger partial charge in [0.15, 0.2) is 6.17 Å². The minimum atomic E-state index is -0.564. The molecule has 0 fully saturated rings. The summed E-state index contributed by atoms with van der Waals surface area (Å²) in [6, 6.07) is 66.7. The standard InChI is InChI=1S/C50H33N3O/c1-2-12-32(13-3-1)34-22-25-35(26-23-34)47-51-48(37-27-24-33-14-4-5-15-36(33)30-37)53-49(52-47)38-28-29-40-39-16-6-7-17-41(39)50(44(40)31-38)42-18-8-10-20-45(42)54-46-21-11-9-19-43(46)50/h1-31,49H,(H,51,52,53). The highest BCUT2D eigenvalue weighted by Gasteiger charge is 2.51. The van der Waals surface area contributed by atoms with E-state index in [1.807, 2.05) is 6.07 Å². The minimum Gasteiger partial charge on any atom is -0.457 e. The fourth-order valence-corrected chi connectivity index (χ4v) is 8.71. The molecule has 1 atom stereocenters. The maximum Gasteiger partial charge on any atom is 0.169 e. The molecule has 1 unspecified atom stereocenters. The number of benzene rings is 8. The molecule has 8 aromatic carbocycles. The second-order valence-electron chi connectivity index (χ2n) is 14.2. The average molecular weight is 692 g/mol. The van der Waals surface area contributed by atoms with Crippen molar-refractivity contribution in [1.82, 2.24) is 5.32 Å². The maximum atomic E-state index is 6.58. The Balaban J connectivity index is 1.10. The maximum absolute atomic E-state index is 6.58. The lowest BCUT2D eigenvalue weighted by Gasteiger charge is -2.39. The molecule has 4 heteroatoms. The van der Waals surface area contributed by atoms with Crippen LogP contribution in [0.4, 0.5) is 0 Å². The van der Waals surface area contributed by atoms with Crippen molar-refractivity contribution in [2.75, 3.05) is 0 Å². The zero-order chi connectivity index (χ0) is 35.6. The van der Waals surface area contributed by atoms with Gasteiger partial charge in [-0.15, -0.1) is 0 Å². The highest BCUT2D eigenvalue weighted by atomic mass is 16.5. The first-order valence-electron chi connectivity index (χ1n) is 18.4. The predicted molar refractivity (Wildman–Crippen MR) is 219 cm³/mol. The van der Waals surface area contributed by atoms with Crippen molar-refractivity contribution in [3.8, 4) is 33.8 Å². The fourth-order valence-electron chi connectivity index (χ4n) is 8.71. The summed E-state index contributed by atoms with van der Waals surface area (Å²) in [5.41, 5.74) is 12.0. The van der Waals surface area contributed by atoms with Crippen LogP contribution in [0.3, 0.4) is 0 Å². The van der Waals surface area contributed by atoms with Crippen molar-refractivity contribution in [2.45, 2.75) is 11.6 Å². The van der Waals surface area contributed by atoms with Crippen molar-refractivity contribution >= 4 is 22.4 Å². The number of aliphatic imine (C=N–C) groups is 2. The number of amidine groups is 2. The summed E-state index contributed by atoms with van der Waals surface area (Å²) in [5.74, 6) is 3.34. The largest absolute Gasteiger partial charge is 0.457 e. The van der Waals surface area contributed by atoms with Crippen LogP contribution in [0.2, 0.25) is 0 Å².